The van der Waals surface area contributed by atoms with Crippen LogP contribution in [0.25, 0.3) is 0 Å². The van der Waals surface area contributed by atoms with Gasteiger partial charge in [0.05, 0.1) is 0 Å². The first-order chi connectivity index (χ1) is 7.17. The van der Waals surface area contributed by atoms with Gasteiger partial charge in [-0.2, -0.15) is 5.10 Å². The summed E-state index contributed by atoms with van der Waals surface area (Å²) in [4.78, 5) is 0. The van der Waals surface area contributed by atoms with Crippen molar-refractivity contribution in [2.45, 2.75) is 53.2 Å². The molecule has 0 aliphatic carbocycles. The summed E-state index contributed by atoms with van der Waals surface area (Å²) in [5, 5.41) is 16.0. The predicted octanol–water partition coefficient (Wildman–Crippen LogP) is 2.60. The first-order valence-corrected chi connectivity index (χ1v) is 5.86. The summed E-state index contributed by atoms with van der Waals surface area (Å²) in [5.74, 6) is 0.597. The van der Waals surface area contributed by atoms with Crippen LogP contribution >= 0.6 is 12.2 Å². The van der Waals surface area contributed by atoms with Gasteiger partial charge in [-0.05, 0) is 37.9 Å². The molecule has 1 rings (SSSR count). The van der Waals surface area contributed by atoms with Gasteiger partial charge in [-0.15, -0.1) is 0 Å². The Morgan fingerprint density at radius 3 is 2.31 bits per heavy atom. The lowest BCUT2D eigenvalue weighted by atomic mass is 9.81. The maximum atomic E-state index is 9.24. The molecule has 0 aromatic carbocycles. The molecule has 0 atom stereocenters. The van der Waals surface area contributed by atoms with E-state index in [-0.39, 0.29) is 17.6 Å². The van der Waals surface area contributed by atoms with Crippen molar-refractivity contribution in [3.63, 3.8) is 0 Å². The molecule has 16 heavy (non-hydrogen) atoms. The average molecular weight is 243 g/mol. The minimum absolute atomic E-state index is 0.0965. The molecule has 1 aromatic rings. The second-order valence-corrected chi connectivity index (χ2v) is 6.38. The van der Waals surface area contributed by atoms with Crippen LogP contribution in [0.4, 0.5) is 0 Å². The van der Waals surface area contributed by atoms with Crippen molar-refractivity contribution in [3.8, 4) is 0 Å². The minimum Gasteiger partial charge on any atom is -0.388 e. The summed E-state index contributed by atoms with van der Waals surface area (Å²) in [6.45, 7) is 10.7. The lowest BCUT2D eigenvalue weighted by Crippen LogP contribution is -2.33. The van der Waals surface area contributed by atoms with Crippen LogP contribution in [-0.4, -0.2) is 19.9 Å². The summed E-state index contributed by atoms with van der Waals surface area (Å²) in [6.07, 6.45) is 0.959. The van der Waals surface area contributed by atoms with E-state index < -0.39 is 0 Å². The SMILES string of the molecule is CC(C)(C)CC(C)(C)n1c(CO)n[nH]c1=S. The van der Waals surface area contributed by atoms with Crippen LogP contribution in [0.1, 0.15) is 46.9 Å². The number of aromatic nitrogens is 3. The third-order valence-electron chi connectivity index (χ3n) is 2.45. The summed E-state index contributed by atoms with van der Waals surface area (Å²) < 4.78 is 2.48. The van der Waals surface area contributed by atoms with Crippen molar-refractivity contribution >= 4 is 12.2 Å². The van der Waals surface area contributed by atoms with Crippen LogP contribution in [-0.2, 0) is 12.1 Å². The fourth-order valence-electron chi connectivity index (χ4n) is 2.44. The summed E-state index contributed by atoms with van der Waals surface area (Å²) >= 11 is 5.21. The first-order valence-electron chi connectivity index (χ1n) is 5.45. The Labute approximate surface area is 102 Å². The lowest BCUT2D eigenvalue weighted by molar-refractivity contribution is 0.190. The van der Waals surface area contributed by atoms with Crippen molar-refractivity contribution in [2.75, 3.05) is 0 Å². The van der Waals surface area contributed by atoms with Gasteiger partial charge in [-0.3, -0.25) is 9.67 Å². The smallest absolute Gasteiger partial charge is 0.195 e. The number of aliphatic hydroxyl groups excluding tert-OH is 1. The fourth-order valence-corrected chi connectivity index (χ4v) is 2.83. The predicted molar refractivity (Wildman–Crippen MR) is 66.7 cm³/mol. The number of rotatable bonds is 3. The van der Waals surface area contributed by atoms with Crippen molar-refractivity contribution in [1.29, 1.82) is 0 Å². The van der Waals surface area contributed by atoms with E-state index in [1.807, 2.05) is 4.57 Å². The second-order valence-electron chi connectivity index (χ2n) is 5.99. The number of H-pyrrole nitrogens is 1. The van der Waals surface area contributed by atoms with Crippen molar-refractivity contribution in [2.24, 2.45) is 5.41 Å². The maximum absolute atomic E-state index is 9.24. The molecule has 0 unspecified atom stereocenters. The molecule has 0 bridgehead atoms. The summed E-state index contributed by atoms with van der Waals surface area (Å²) in [7, 11) is 0. The van der Waals surface area contributed by atoms with Crippen molar-refractivity contribution in [1.82, 2.24) is 14.8 Å². The molecule has 92 valence electrons. The van der Waals surface area contributed by atoms with Gasteiger partial charge in [-0.1, -0.05) is 20.8 Å². The molecule has 4 nitrogen and oxygen atoms in total. The van der Waals surface area contributed by atoms with E-state index in [4.69, 9.17) is 12.2 Å². The third kappa shape index (κ3) is 2.92. The Bertz CT molecular complexity index is 412. The fraction of sp³-hybridized carbons (Fsp3) is 0.818. The van der Waals surface area contributed by atoms with E-state index in [0.717, 1.165) is 6.42 Å². The van der Waals surface area contributed by atoms with E-state index in [2.05, 4.69) is 44.8 Å². The van der Waals surface area contributed by atoms with Gasteiger partial charge in [0.1, 0.15) is 6.61 Å². The van der Waals surface area contributed by atoms with E-state index in [1.165, 1.54) is 0 Å². The molecule has 0 amide bonds. The van der Waals surface area contributed by atoms with Gasteiger partial charge in [-0.25, -0.2) is 0 Å². The first kappa shape index (κ1) is 13.4. The zero-order valence-corrected chi connectivity index (χ0v) is 11.5. The highest BCUT2D eigenvalue weighted by molar-refractivity contribution is 7.71. The van der Waals surface area contributed by atoms with Gasteiger partial charge in [0, 0.05) is 5.54 Å². The largest absolute Gasteiger partial charge is 0.388 e. The number of hydrogen-bond donors (Lipinski definition) is 2. The highest BCUT2D eigenvalue weighted by atomic mass is 32.1. The van der Waals surface area contributed by atoms with Gasteiger partial charge >= 0.3 is 0 Å². The Morgan fingerprint density at radius 1 is 1.31 bits per heavy atom. The standard InChI is InChI=1S/C11H21N3OS/c1-10(2,3)7-11(4,5)14-8(6-15)12-13-9(14)16/h15H,6-7H2,1-5H3,(H,13,16). The molecule has 1 aromatic heterocycles. The molecular formula is C11H21N3OS. The van der Waals surface area contributed by atoms with Crippen LogP contribution in [0.2, 0.25) is 0 Å². The van der Waals surface area contributed by atoms with Crippen molar-refractivity contribution < 1.29 is 5.11 Å². The van der Waals surface area contributed by atoms with Crippen LogP contribution in [0.5, 0.6) is 0 Å². The Hall–Kier alpha value is -0.680. The molecule has 0 saturated heterocycles. The van der Waals surface area contributed by atoms with Gasteiger partial charge in [0.2, 0.25) is 0 Å². The zero-order valence-electron chi connectivity index (χ0n) is 10.7. The summed E-state index contributed by atoms with van der Waals surface area (Å²) in [5.41, 5.74) is 0.0443. The molecule has 1 heterocycles. The second kappa shape index (κ2) is 4.30. The zero-order chi connectivity index (χ0) is 12.6. The highest BCUT2D eigenvalue weighted by Gasteiger charge is 2.29. The molecular weight excluding hydrogens is 222 g/mol. The molecule has 0 saturated carbocycles. The van der Waals surface area contributed by atoms with Crippen molar-refractivity contribution in [3.05, 3.63) is 10.6 Å². The van der Waals surface area contributed by atoms with E-state index in [9.17, 15) is 5.11 Å². The topological polar surface area (TPSA) is 53.8 Å². The molecule has 0 spiro atoms. The Morgan fingerprint density at radius 2 is 1.88 bits per heavy atom. The van der Waals surface area contributed by atoms with Crippen LogP contribution < -0.4 is 0 Å². The molecule has 5 heteroatoms. The molecule has 2 N–H and O–H groups in total. The Balaban J connectivity index is 3.15. The molecule has 0 aliphatic heterocycles. The van der Waals surface area contributed by atoms with E-state index >= 15 is 0 Å². The number of nitrogens with one attached hydrogen (secondary N) is 1. The lowest BCUT2D eigenvalue weighted by Gasteiger charge is -2.34. The van der Waals surface area contributed by atoms with Crippen LogP contribution in [0.3, 0.4) is 0 Å². The summed E-state index contributed by atoms with van der Waals surface area (Å²) in [6, 6.07) is 0. The molecule has 0 radical (unpaired) electrons. The van der Waals surface area contributed by atoms with Crippen LogP contribution in [0, 0.1) is 10.2 Å². The normalized spacial score (nSPS) is 13.1. The molecule has 0 fully saturated rings. The quantitative estimate of drug-likeness (QED) is 0.802. The number of aromatic amines is 1. The number of hydrogen-bond acceptors (Lipinski definition) is 3. The third-order valence-corrected chi connectivity index (χ3v) is 2.73. The van der Waals surface area contributed by atoms with E-state index in [0.29, 0.717) is 10.6 Å². The monoisotopic (exact) mass is 243 g/mol. The molecule has 0 aliphatic rings. The number of aliphatic hydroxyl groups is 1. The average Bonchev–Trinajstić information content (AvgIpc) is 2.42. The maximum Gasteiger partial charge on any atom is 0.195 e. The van der Waals surface area contributed by atoms with Gasteiger partial charge in [0.25, 0.3) is 0 Å². The highest BCUT2D eigenvalue weighted by Crippen LogP contribution is 2.32. The minimum atomic E-state index is -0.152. The van der Waals surface area contributed by atoms with E-state index in [1.54, 1.807) is 0 Å². The van der Waals surface area contributed by atoms with Gasteiger partial charge < -0.3 is 5.11 Å². The van der Waals surface area contributed by atoms with Crippen LogP contribution in [0.15, 0.2) is 0 Å². The Kier molecular flexibility index (Phi) is 3.59. The number of nitrogens with zero attached hydrogens (tertiary/aromatic N) is 2. The van der Waals surface area contributed by atoms with Gasteiger partial charge in [0.15, 0.2) is 10.6 Å².